The van der Waals surface area contributed by atoms with Crippen molar-refractivity contribution in [2.45, 2.75) is 13.5 Å². The van der Waals surface area contributed by atoms with E-state index < -0.39 is 0 Å². The first-order chi connectivity index (χ1) is 13.1. The molecule has 27 heavy (non-hydrogen) atoms. The third-order valence-corrected chi connectivity index (χ3v) is 6.44. The number of nitrogens with zero attached hydrogens (tertiary/aromatic N) is 2. The minimum atomic E-state index is 0.210. The number of nitrogens with one attached hydrogen (secondary N) is 2. The summed E-state index contributed by atoms with van der Waals surface area (Å²) in [4.78, 5) is 7.98. The van der Waals surface area contributed by atoms with Gasteiger partial charge >= 0.3 is 0 Å². The summed E-state index contributed by atoms with van der Waals surface area (Å²) in [7, 11) is 1.89. The number of aryl methyl sites for hydroxylation is 1. The van der Waals surface area contributed by atoms with Crippen molar-refractivity contribution in [3.63, 3.8) is 0 Å². The average molecular weight is 387 g/mol. The number of ether oxygens (including phenoxy) is 2. The standard InChI is InChI=1S/C20H26N4O2S/c1-14-7-23-19(27-14)26-10-17-9-24(11-20(17)12-25-13-20)8-15-3-4-18(22-2)16(5-15)6-21/h3-7,17,21-22H,8-13H2,1-2H3. The third kappa shape index (κ3) is 3.72. The van der Waals surface area contributed by atoms with Crippen LogP contribution in [0.3, 0.4) is 0 Å². The highest BCUT2D eigenvalue weighted by molar-refractivity contribution is 7.13. The maximum atomic E-state index is 7.62. The van der Waals surface area contributed by atoms with Crippen molar-refractivity contribution in [3.05, 3.63) is 40.4 Å². The Hall–Kier alpha value is -1.96. The molecule has 2 aromatic rings. The molecule has 0 radical (unpaired) electrons. The Bertz CT molecular complexity index is 818. The van der Waals surface area contributed by atoms with Crippen molar-refractivity contribution in [1.82, 2.24) is 9.88 Å². The molecule has 7 heteroatoms. The van der Waals surface area contributed by atoms with Crippen molar-refractivity contribution in [1.29, 1.82) is 5.41 Å². The van der Waals surface area contributed by atoms with Crippen LogP contribution < -0.4 is 10.1 Å². The van der Waals surface area contributed by atoms with Gasteiger partial charge in [0.15, 0.2) is 0 Å². The lowest BCUT2D eigenvalue weighted by molar-refractivity contribution is -0.133. The Labute approximate surface area is 164 Å². The van der Waals surface area contributed by atoms with Crippen LogP contribution in [0, 0.1) is 23.7 Å². The number of hydrogen-bond donors (Lipinski definition) is 2. The molecule has 2 aliphatic heterocycles. The van der Waals surface area contributed by atoms with Crippen LogP contribution >= 0.6 is 11.3 Å². The monoisotopic (exact) mass is 386 g/mol. The Morgan fingerprint density at radius 1 is 1.48 bits per heavy atom. The quantitative estimate of drug-likeness (QED) is 0.716. The van der Waals surface area contributed by atoms with Crippen molar-refractivity contribution in [2.75, 3.05) is 45.3 Å². The van der Waals surface area contributed by atoms with Crippen LogP contribution in [-0.4, -0.2) is 56.1 Å². The Morgan fingerprint density at radius 2 is 2.33 bits per heavy atom. The second-order valence-electron chi connectivity index (χ2n) is 7.59. The normalized spacial score (nSPS) is 21.2. The highest BCUT2D eigenvalue weighted by Gasteiger charge is 2.52. The average Bonchev–Trinajstić information content (AvgIpc) is 3.23. The van der Waals surface area contributed by atoms with Gasteiger partial charge in [0.25, 0.3) is 5.19 Å². The molecule has 0 amide bonds. The maximum Gasteiger partial charge on any atom is 0.273 e. The van der Waals surface area contributed by atoms with Crippen LogP contribution in [0.15, 0.2) is 24.4 Å². The highest BCUT2D eigenvalue weighted by Crippen LogP contribution is 2.43. The molecule has 1 spiro atoms. The lowest BCUT2D eigenvalue weighted by Crippen LogP contribution is -2.50. The van der Waals surface area contributed by atoms with Crippen molar-refractivity contribution >= 4 is 23.2 Å². The predicted octanol–water partition coefficient (Wildman–Crippen LogP) is 3.02. The number of likely N-dealkylation sites (tertiary alicyclic amines) is 1. The van der Waals surface area contributed by atoms with Crippen LogP contribution in [0.4, 0.5) is 5.69 Å². The van der Waals surface area contributed by atoms with Crippen LogP contribution in [0.25, 0.3) is 0 Å². The van der Waals surface area contributed by atoms with Gasteiger partial charge in [0.05, 0.1) is 19.8 Å². The summed E-state index contributed by atoms with van der Waals surface area (Å²) in [5.74, 6) is 0.453. The zero-order valence-corrected chi connectivity index (χ0v) is 16.6. The fraction of sp³-hybridized carbons (Fsp3) is 0.500. The molecule has 1 atom stereocenters. The molecule has 2 aliphatic rings. The molecule has 1 aromatic carbocycles. The number of hydrogen-bond acceptors (Lipinski definition) is 7. The molecule has 2 saturated heterocycles. The van der Waals surface area contributed by atoms with Gasteiger partial charge in [-0.3, -0.25) is 4.90 Å². The molecule has 1 unspecified atom stereocenters. The summed E-state index contributed by atoms with van der Waals surface area (Å²) >= 11 is 1.60. The minimum absolute atomic E-state index is 0.210. The largest absolute Gasteiger partial charge is 0.470 e. The van der Waals surface area contributed by atoms with Gasteiger partial charge in [-0.15, -0.1) is 0 Å². The van der Waals surface area contributed by atoms with Gasteiger partial charge in [0, 0.05) is 66.6 Å². The van der Waals surface area contributed by atoms with Crippen LogP contribution in [-0.2, 0) is 11.3 Å². The lowest BCUT2D eigenvalue weighted by atomic mass is 9.77. The minimum Gasteiger partial charge on any atom is -0.470 e. The number of benzene rings is 1. The second-order valence-corrected chi connectivity index (χ2v) is 8.78. The van der Waals surface area contributed by atoms with E-state index in [1.807, 2.05) is 20.2 Å². The topological polar surface area (TPSA) is 70.5 Å². The van der Waals surface area contributed by atoms with E-state index >= 15 is 0 Å². The summed E-state index contributed by atoms with van der Waals surface area (Å²) in [5, 5.41) is 11.5. The molecule has 0 saturated carbocycles. The van der Waals surface area contributed by atoms with Crippen LogP contribution in [0.5, 0.6) is 5.19 Å². The molecular weight excluding hydrogens is 360 g/mol. The first-order valence-corrected chi connectivity index (χ1v) is 10.1. The first-order valence-electron chi connectivity index (χ1n) is 9.28. The van der Waals surface area contributed by atoms with Crippen molar-refractivity contribution in [3.8, 4) is 5.19 Å². The maximum absolute atomic E-state index is 7.62. The smallest absolute Gasteiger partial charge is 0.273 e. The van der Waals surface area contributed by atoms with E-state index in [4.69, 9.17) is 14.9 Å². The molecule has 2 N–H and O–H groups in total. The molecule has 1 aromatic heterocycles. The van der Waals surface area contributed by atoms with E-state index in [2.05, 4.69) is 33.4 Å². The number of rotatable bonds is 7. The molecule has 4 rings (SSSR count). The summed E-state index contributed by atoms with van der Waals surface area (Å²) in [5.41, 5.74) is 3.36. The third-order valence-electron chi connectivity index (χ3n) is 5.62. The number of thiazole rings is 1. The molecule has 0 bridgehead atoms. The Kier molecular flexibility index (Phi) is 5.16. The van der Waals surface area contributed by atoms with E-state index in [1.165, 1.54) is 16.7 Å². The summed E-state index contributed by atoms with van der Waals surface area (Å²) in [6, 6.07) is 6.30. The number of anilines is 1. The predicted molar refractivity (Wildman–Crippen MR) is 108 cm³/mol. The van der Waals surface area contributed by atoms with Gasteiger partial charge in [-0.05, 0) is 24.6 Å². The van der Waals surface area contributed by atoms with E-state index in [0.29, 0.717) is 12.5 Å². The number of aromatic nitrogens is 1. The van der Waals surface area contributed by atoms with Gasteiger partial charge in [-0.1, -0.05) is 17.4 Å². The zero-order chi connectivity index (χ0) is 18.9. The molecule has 0 aliphatic carbocycles. The fourth-order valence-corrected chi connectivity index (χ4v) is 4.69. The van der Waals surface area contributed by atoms with Crippen molar-refractivity contribution in [2.24, 2.45) is 11.3 Å². The fourth-order valence-electron chi connectivity index (χ4n) is 4.07. The highest BCUT2D eigenvalue weighted by atomic mass is 32.1. The van der Waals surface area contributed by atoms with Crippen LogP contribution in [0.1, 0.15) is 16.0 Å². The summed E-state index contributed by atoms with van der Waals surface area (Å²) in [6.07, 6.45) is 3.27. The molecule has 144 valence electrons. The molecule has 3 heterocycles. The van der Waals surface area contributed by atoms with Gasteiger partial charge in [-0.25, -0.2) is 4.98 Å². The Balaban J connectivity index is 1.42. The van der Waals surface area contributed by atoms with Gasteiger partial charge in [0.2, 0.25) is 0 Å². The first kappa shape index (κ1) is 18.4. The summed E-state index contributed by atoms with van der Waals surface area (Å²) in [6.45, 7) is 7.30. The second kappa shape index (κ2) is 7.58. The lowest BCUT2D eigenvalue weighted by Gasteiger charge is -2.42. The SMILES string of the molecule is CNc1ccc(CN2CC(COc3ncc(C)s3)C3(COC3)C2)cc1C=N. The van der Waals surface area contributed by atoms with Gasteiger partial charge in [0.1, 0.15) is 0 Å². The Morgan fingerprint density at radius 3 is 2.96 bits per heavy atom. The molecule has 6 nitrogen and oxygen atoms in total. The molecule has 2 fully saturated rings. The summed E-state index contributed by atoms with van der Waals surface area (Å²) < 4.78 is 11.6. The molecular formula is C20H26N4O2S. The zero-order valence-electron chi connectivity index (χ0n) is 15.8. The van der Waals surface area contributed by atoms with E-state index in [1.54, 1.807) is 11.3 Å². The van der Waals surface area contributed by atoms with E-state index in [0.717, 1.165) is 49.3 Å². The van der Waals surface area contributed by atoms with Crippen molar-refractivity contribution < 1.29 is 9.47 Å². The van der Waals surface area contributed by atoms with Crippen LogP contribution in [0.2, 0.25) is 0 Å². The van der Waals surface area contributed by atoms with Gasteiger partial charge in [-0.2, -0.15) is 0 Å². The van der Waals surface area contributed by atoms with E-state index in [9.17, 15) is 0 Å². The van der Waals surface area contributed by atoms with E-state index in [-0.39, 0.29) is 5.41 Å². The van der Waals surface area contributed by atoms with Gasteiger partial charge < -0.3 is 20.2 Å².